The molecular weight excluding hydrogens is 202 g/mol. The van der Waals surface area contributed by atoms with Crippen molar-refractivity contribution >= 4 is 24.5 Å². The van der Waals surface area contributed by atoms with Crippen LogP contribution in [-0.4, -0.2) is 40.2 Å². The number of amides is 1. The Morgan fingerprint density at radius 2 is 2.29 bits per heavy atom. The first-order valence-corrected chi connectivity index (χ1v) is 5.35. The van der Waals surface area contributed by atoms with Crippen LogP contribution in [0.5, 0.6) is 0 Å². The molecule has 1 rings (SSSR count). The first kappa shape index (κ1) is 11.4. The number of aliphatic carboxylic acids is 1. The summed E-state index contributed by atoms with van der Waals surface area (Å²) in [4.78, 5) is 24.0. The molecule has 80 valence electrons. The van der Waals surface area contributed by atoms with Crippen molar-refractivity contribution in [2.75, 3.05) is 12.3 Å². The number of hydrogen-bond donors (Lipinski definition) is 2. The van der Waals surface area contributed by atoms with Crippen molar-refractivity contribution in [2.45, 2.75) is 25.8 Å². The minimum absolute atomic E-state index is 0.0927. The molecular formula is C9H15NO3S. The van der Waals surface area contributed by atoms with Gasteiger partial charge in [0.15, 0.2) is 0 Å². The molecule has 1 N–H and O–H groups in total. The third-order valence-electron chi connectivity index (χ3n) is 2.52. The highest BCUT2D eigenvalue weighted by Gasteiger charge is 2.35. The fourth-order valence-electron chi connectivity index (χ4n) is 1.65. The van der Waals surface area contributed by atoms with E-state index >= 15 is 0 Å². The van der Waals surface area contributed by atoms with E-state index in [1.54, 1.807) is 6.92 Å². The molecule has 0 aromatic heterocycles. The lowest BCUT2D eigenvalue weighted by atomic mass is 10.1. The van der Waals surface area contributed by atoms with Crippen LogP contribution in [-0.2, 0) is 9.59 Å². The molecule has 1 heterocycles. The summed E-state index contributed by atoms with van der Waals surface area (Å²) in [5.74, 6) is -0.729. The Morgan fingerprint density at radius 3 is 2.79 bits per heavy atom. The Morgan fingerprint density at radius 1 is 1.64 bits per heavy atom. The van der Waals surface area contributed by atoms with E-state index in [-0.39, 0.29) is 11.8 Å². The highest BCUT2D eigenvalue weighted by Crippen LogP contribution is 2.20. The monoisotopic (exact) mass is 217 g/mol. The molecule has 1 saturated heterocycles. The molecule has 2 atom stereocenters. The van der Waals surface area contributed by atoms with E-state index in [0.717, 1.165) is 6.42 Å². The van der Waals surface area contributed by atoms with Crippen molar-refractivity contribution in [1.82, 2.24) is 4.90 Å². The Bertz CT molecular complexity index is 244. The number of rotatable bonds is 3. The first-order valence-electron chi connectivity index (χ1n) is 4.72. The Labute approximate surface area is 88.7 Å². The standard InChI is InChI=1S/C9H15NO3S/c1-6(5-14)8(11)10-4-2-3-7(10)9(12)13/h6-7,14H,2-5H2,1H3,(H,12,13)/t6?,7-/m0/s1. The van der Waals surface area contributed by atoms with Crippen LogP contribution in [0.3, 0.4) is 0 Å². The van der Waals surface area contributed by atoms with Gasteiger partial charge in [-0.05, 0) is 12.8 Å². The van der Waals surface area contributed by atoms with Gasteiger partial charge in [0.2, 0.25) is 5.91 Å². The highest BCUT2D eigenvalue weighted by molar-refractivity contribution is 7.80. The van der Waals surface area contributed by atoms with Crippen molar-refractivity contribution in [1.29, 1.82) is 0 Å². The minimum atomic E-state index is -0.901. The molecule has 0 bridgehead atoms. The van der Waals surface area contributed by atoms with E-state index in [0.29, 0.717) is 18.7 Å². The molecule has 0 spiro atoms. The summed E-state index contributed by atoms with van der Waals surface area (Å²) in [6.07, 6.45) is 1.35. The van der Waals surface area contributed by atoms with Crippen molar-refractivity contribution in [3.05, 3.63) is 0 Å². The van der Waals surface area contributed by atoms with E-state index in [1.807, 2.05) is 0 Å². The van der Waals surface area contributed by atoms with E-state index in [9.17, 15) is 9.59 Å². The smallest absolute Gasteiger partial charge is 0.326 e. The summed E-state index contributed by atoms with van der Waals surface area (Å²) in [6.45, 7) is 2.33. The van der Waals surface area contributed by atoms with Crippen LogP contribution in [0.4, 0.5) is 0 Å². The summed E-state index contributed by atoms with van der Waals surface area (Å²) in [5, 5.41) is 8.87. The number of carboxylic acid groups (broad SMARTS) is 1. The molecule has 1 aliphatic rings. The van der Waals surface area contributed by atoms with Crippen molar-refractivity contribution in [2.24, 2.45) is 5.92 Å². The molecule has 5 heteroatoms. The van der Waals surface area contributed by atoms with Gasteiger partial charge in [0, 0.05) is 18.2 Å². The predicted molar refractivity (Wildman–Crippen MR) is 55.4 cm³/mol. The molecule has 0 saturated carbocycles. The molecule has 0 aromatic rings. The Hall–Kier alpha value is -0.710. The van der Waals surface area contributed by atoms with Gasteiger partial charge >= 0.3 is 5.97 Å². The minimum Gasteiger partial charge on any atom is -0.480 e. The van der Waals surface area contributed by atoms with Gasteiger partial charge in [-0.3, -0.25) is 4.79 Å². The van der Waals surface area contributed by atoms with Crippen molar-refractivity contribution in [3.63, 3.8) is 0 Å². The normalized spacial score (nSPS) is 23.6. The zero-order chi connectivity index (χ0) is 10.7. The van der Waals surface area contributed by atoms with E-state index in [4.69, 9.17) is 5.11 Å². The first-order chi connectivity index (χ1) is 6.57. The molecule has 0 aliphatic carbocycles. The molecule has 0 radical (unpaired) electrons. The van der Waals surface area contributed by atoms with Crippen LogP contribution in [0.25, 0.3) is 0 Å². The van der Waals surface area contributed by atoms with Crippen LogP contribution in [0, 0.1) is 5.92 Å². The fourth-order valence-corrected chi connectivity index (χ4v) is 1.80. The van der Waals surface area contributed by atoms with Gasteiger partial charge in [-0.1, -0.05) is 6.92 Å². The molecule has 1 aliphatic heterocycles. The average Bonchev–Trinajstić information content (AvgIpc) is 2.63. The van der Waals surface area contributed by atoms with E-state index in [1.165, 1.54) is 4.90 Å². The van der Waals surface area contributed by atoms with Gasteiger partial charge < -0.3 is 10.0 Å². The Kier molecular flexibility index (Phi) is 3.80. The van der Waals surface area contributed by atoms with Crippen molar-refractivity contribution < 1.29 is 14.7 Å². The van der Waals surface area contributed by atoms with E-state index < -0.39 is 12.0 Å². The van der Waals surface area contributed by atoms with E-state index in [2.05, 4.69) is 12.6 Å². The number of hydrogen-bond acceptors (Lipinski definition) is 3. The van der Waals surface area contributed by atoms with Crippen molar-refractivity contribution in [3.8, 4) is 0 Å². The third kappa shape index (κ3) is 2.20. The second-order valence-corrected chi connectivity index (χ2v) is 3.98. The maximum atomic E-state index is 11.7. The summed E-state index contributed by atoms with van der Waals surface area (Å²) < 4.78 is 0. The zero-order valence-electron chi connectivity index (χ0n) is 8.14. The quantitative estimate of drug-likeness (QED) is 0.682. The average molecular weight is 217 g/mol. The van der Waals surface area contributed by atoms with Gasteiger partial charge in [0.05, 0.1) is 0 Å². The molecule has 4 nitrogen and oxygen atoms in total. The summed E-state index contributed by atoms with van der Waals surface area (Å²) in [7, 11) is 0. The van der Waals surface area contributed by atoms with Gasteiger partial charge in [0.1, 0.15) is 6.04 Å². The van der Waals surface area contributed by atoms with Crippen LogP contribution < -0.4 is 0 Å². The molecule has 1 fully saturated rings. The second-order valence-electron chi connectivity index (χ2n) is 3.61. The lowest BCUT2D eigenvalue weighted by molar-refractivity contribution is -0.149. The number of carbonyl (C=O) groups excluding carboxylic acids is 1. The molecule has 1 amide bonds. The number of nitrogens with zero attached hydrogens (tertiary/aromatic N) is 1. The Balaban J connectivity index is 2.67. The number of carboxylic acids is 1. The molecule has 14 heavy (non-hydrogen) atoms. The summed E-state index contributed by atoms with van der Waals surface area (Å²) in [5.41, 5.74) is 0. The van der Waals surface area contributed by atoms with Crippen LogP contribution in [0.1, 0.15) is 19.8 Å². The zero-order valence-corrected chi connectivity index (χ0v) is 9.04. The van der Waals surface area contributed by atoms with Crippen LogP contribution in [0.2, 0.25) is 0 Å². The number of carbonyl (C=O) groups is 2. The second kappa shape index (κ2) is 4.68. The largest absolute Gasteiger partial charge is 0.480 e. The fraction of sp³-hybridized carbons (Fsp3) is 0.778. The predicted octanol–water partition coefficient (Wildman–Crippen LogP) is 0.628. The number of likely N-dealkylation sites (tertiary alicyclic amines) is 1. The van der Waals surface area contributed by atoms with Gasteiger partial charge in [-0.15, -0.1) is 0 Å². The lowest BCUT2D eigenvalue weighted by Gasteiger charge is -2.24. The summed E-state index contributed by atoms with van der Waals surface area (Å²) >= 11 is 4.03. The van der Waals surface area contributed by atoms with Crippen LogP contribution >= 0.6 is 12.6 Å². The third-order valence-corrected chi connectivity index (χ3v) is 3.06. The highest BCUT2D eigenvalue weighted by atomic mass is 32.1. The lowest BCUT2D eigenvalue weighted by Crippen LogP contribution is -2.43. The SMILES string of the molecule is CC(CS)C(=O)N1CCC[C@H]1C(=O)O. The van der Waals surface area contributed by atoms with Crippen LogP contribution in [0.15, 0.2) is 0 Å². The maximum Gasteiger partial charge on any atom is 0.326 e. The number of thiol groups is 1. The molecule has 0 aromatic carbocycles. The maximum absolute atomic E-state index is 11.7. The van der Waals surface area contributed by atoms with Gasteiger partial charge in [0.25, 0.3) is 0 Å². The topological polar surface area (TPSA) is 57.6 Å². The summed E-state index contributed by atoms with van der Waals surface area (Å²) in [6, 6.07) is -0.621. The molecule has 1 unspecified atom stereocenters. The van der Waals surface area contributed by atoms with Gasteiger partial charge in [-0.25, -0.2) is 4.79 Å². The van der Waals surface area contributed by atoms with Gasteiger partial charge in [-0.2, -0.15) is 12.6 Å².